The monoisotopic (exact) mass is 592 g/mol. The molecule has 1 atom stereocenters. The van der Waals surface area contributed by atoms with Gasteiger partial charge in [0.2, 0.25) is 21.8 Å². The second-order valence-electron chi connectivity index (χ2n) is 10.5. The molecule has 0 bridgehead atoms. The molecule has 0 spiro atoms. The van der Waals surface area contributed by atoms with E-state index in [9.17, 15) is 18.0 Å². The first kappa shape index (κ1) is 33.4. The van der Waals surface area contributed by atoms with E-state index < -0.39 is 39.0 Å². The molecule has 0 unspecified atom stereocenters. The number of carbonyl (C=O) groups excluding carboxylic acids is 2. The SMILES string of the molecule is CC.CN(CC1=C(c2ccc(Cl)cc2)S(=O)(=O)NC1(C)C)C(=O)[C@@H](COCc1ccccc1)NC(=O)C(C)(C)N. The number of nitrogens with zero attached hydrogens (tertiary/aromatic N) is 1. The maximum Gasteiger partial charge on any atom is 0.247 e. The molecule has 220 valence electrons. The molecule has 0 fully saturated rings. The number of likely N-dealkylation sites (N-methyl/N-ethyl adjacent to an activating group) is 1. The first-order valence-corrected chi connectivity index (χ1v) is 15.0. The quantitative estimate of drug-likeness (QED) is 0.386. The van der Waals surface area contributed by atoms with E-state index in [0.717, 1.165) is 5.56 Å². The van der Waals surface area contributed by atoms with E-state index in [-0.39, 0.29) is 24.7 Å². The number of amides is 2. The summed E-state index contributed by atoms with van der Waals surface area (Å²) >= 11 is 6.01. The van der Waals surface area contributed by atoms with Gasteiger partial charge in [-0.15, -0.1) is 0 Å². The van der Waals surface area contributed by atoms with Crippen molar-refractivity contribution in [3.8, 4) is 0 Å². The second kappa shape index (κ2) is 13.7. The van der Waals surface area contributed by atoms with Crippen molar-refractivity contribution >= 4 is 38.3 Å². The van der Waals surface area contributed by atoms with Crippen molar-refractivity contribution in [1.82, 2.24) is 14.9 Å². The Hall–Kier alpha value is -2.76. The Kier molecular flexibility index (Phi) is 11.5. The van der Waals surface area contributed by atoms with Crippen LogP contribution in [0.1, 0.15) is 52.7 Å². The van der Waals surface area contributed by atoms with E-state index in [1.54, 1.807) is 59.0 Å². The number of sulfonamides is 1. The highest BCUT2D eigenvalue weighted by Gasteiger charge is 2.44. The first-order valence-electron chi connectivity index (χ1n) is 13.1. The van der Waals surface area contributed by atoms with E-state index in [2.05, 4.69) is 10.0 Å². The molecule has 0 radical (unpaired) electrons. The lowest BCUT2D eigenvalue weighted by Gasteiger charge is -2.30. The maximum absolute atomic E-state index is 13.6. The standard InChI is InChI=1S/C27H35ClN4O5S.C2H6/c1-26(2,29)25(34)30-22(17-37-16-18-9-7-6-8-10-18)24(33)32(5)15-21-23(19-11-13-20(28)14-12-19)38(35,36)31-27(21,3)4;1-2/h6-14,22,31H,15-17,29H2,1-5H3,(H,30,34);1-2H3/t22-;/m1./s1. The lowest BCUT2D eigenvalue weighted by atomic mass is 9.92. The van der Waals surface area contributed by atoms with E-state index in [4.69, 9.17) is 22.1 Å². The van der Waals surface area contributed by atoms with Crippen molar-refractivity contribution in [3.63, 3.8) is 0 Å². The van der Waals surface area contributed by atoms with Crippen molar-refractivity contribution < 1.29 is 22.7 Å². The van der Waals surface area contributed by atoms with Crippen molar-refractivity contribution in [2.24, 2.45) is 5.73 Å². The van der Waals surface area contributed by atoms with Gasteiger partial charge in [-0.1, -0.05) is 67.9 Å². The summed E-state index contributed by atoms with van der Waals surface area (Å²) in [6.45, 7) is 10.7. The molecule has 11 heteroatoms. The highest BCUT2D eigenvalue weighted by molar-refractivity contribution is 7.99. The molecule has 1 aliphatic rings. The van der Waals surface area contributed by atoms with Gasteiger partial charge >= 0.3 is 0 Å². The van der Waals surface area contributed by atoms with Crippen LogP contribution < -0.4 is 15.8 Å². The Bertz CT molecular complexity index is 1300. The zero-order valence-corrected chi connectivity index (χ0v) is 25.8. The van der Waals surface area contributed by atoms with Crippen LogP contribution in [0.25, 0.3) is 4.91 Å². The minimum Gasteiger partial charge on any atom is -0.374 e. The van der Waals surface area contributed by atoms with Crippen LogP contribution >= 0.6 is 11.6 Å². The van der Waals surface area contributed by atoms with Crippen molar-refractivity contribution in [2.45, 2.75) is 65.3 Å². The fraction of sp³-hybridized carbons (Fsp3) is 0.448. The molecule has 0 aliphatic carbocycles. The molecule has 9 nitrogen and oxygen atoms in total. The van der Waals surface area contributed by atoms with Gasteiger partial charge in [0.1, 0.15) is 6.04 Å². The van der Waals surface area contributed by atoms with Gasteiger partial charge in [0.25, 0.3) is 0 Å². The van der Waals surface area contributed by atoms with Gasteiger partial charge in [-0.2, -0.15) is 0 Å². The smallest absolute Gasteiger partial charge is 0.247 e. The Labute approximate surface area is 243 Å². The van der Waals surface area contributed by atoms with E-state index in [1.165, 1.54) is 4.90 Å². The molecule has 1 heterocycles. The molecule has 3 rings (SSSR count). The minimum atomic E-state index is -3.85. The zero-order chi connectivity index (χ0) is 30.3. The van der Waals surface area contributed by atoms with Gasteiger partial charge in [0, 0.05) is 18.6 Å². The number of carbonyl (C=O) groups is 2. The van der Waals surface area contributed by atoms with Gasteiger partial charge in [-0.3, -0.25) is 9.59 Å². The summed E-state index contributed by atoms with van der Waals surface area (Å²) in [6, 6.07) is 14.9. The highest BCUT2D eigenvalue weighted by Crippen LogP contribution is 2.38. The summed E-state index contributed by atoms with van der Waals surface area (Å²) in [5.74, 6) is -0.960. The normalized spacial score (nSPS) is 16.5. The number of benzene rings is 2. The van der Waals surface area contributed by atoms with Crippen LogP contribution in [-0.4, -0.2) is 62.5 Å². The number of rotatable bonds is 10. The molecule has 0 saturated carbocycles. The summed E-state index contributed by atoms with van der Waals surface area (Å²) in [7, 11) is -2.29. The lowest BCUT2D eigenvalue weighted by molar-refractivity contribution is -0.138. The summed E-state index contributed by atoms with van der Waals surface area (Å²) in [5, 5.41) is 3.16. The Morgan fingerprint density at radius 2 is 1.68 bits per heavy atom. The van der Waals surface area contributed by atoms with Crippen LogP contribution in [0, 0.1) is 0 Å². The highest BCUT2D eigenvalue weighted by atomic mass is 35.5. The van der Waals surface area contributed by atoms with Crippen LogP contribution in [0.5, 0.6) is 0 Å². The number of nitrogens with two attached hydrogens (primary N) is 1. The third-order valence-corrected chi connectivity index (χ3v) is 8.20. The van der Waals surface area contributed by atoms with Crippen molar-refractivity contribution in [1.29, 1.82) is 0 Å². The molecule has 2 amide bonds. The van der Waals surface area contributed by atoms with Crippen LogP contribution in [0.15, 0.2) is 60.2 Å². The molecule has 40 heavy (non-hydrogen) atoms. The lowest BCUT2D eigenvalue weighted by Crippen LogP contribution is -2.57. The average Bonchev–Trinajstić information content (AvgIpc) is 3.07. The number of hydrogen-bond acceptors (Lipinski definition) is 6. The average molecular weight is 593 g/mol. The molecule has 0 aromatic heterocycles. The van der Waals surface area contributed by atoms with Crippen LogP contribution in [0.4, 0.5) is 0 Å². The van der Waals surface area contributed by atoms with Gasteiger partial charge in [0.15, 0.2) is 0 Å². The molecule has 4 N–H and O–H groups in total. The molecular formula is C29H41ClN4O5S. The molecular weight excluding hydrogens is 552 g/mol. The van der Waals surface area contributed by atoms with Crippen LogP contribution in [0.3, 0.4) is 0 Å². The number of hydrogen-bond donors (Lipinski definition) is 3. The summed E-state index contributed by atoms with van der Waals surface area (Å²) < 4.78 is 34.6. The van der Waals surface area contributed by atoms with Gasteiger partial charge in [0.05, 0.1) is 29.2 Å². The third kappa shape index (κ3) is 8.62. The zero-order valence-electron chi connectivity index (χ0n) is 24.2. The van der Waals surface area contributed by atoms with E-state index in [0.29, 0.717) is 16.2 Å². The third-order valence-electron chi connectivity index (χ3n) is 6.15. The van der Waals surface area contributed by atoms with Gasteiger partial charge < -0.3 is 20.7 Å². The molecule has 2 aromatic rings. The van der Waals surface area contributed by atoms with Gasteiger partial charge in [-0.25, -0.2) is 13.1 Å². The predicted octanol–water partition coefficient (Wildman–Crippen LogP) is 3.69. The predicted molar refractivity (Wildman–Crippen MR) is 160 cm³/mol. The Morgan fingerprint density at radius 1 is 1.10 bits per heavy atom. The fourth-order valence-corrected chi connectivity index (χ4v) is 6.18. The van der Waals surface area contributed by atoms with E-state index >= 15 is 0 Å². The van der Waals surface area contributed by atoms with Crippen molar-refractivity contribution in [2.75, 3.05) is 20.2 Å². The summed E-state index contributed by atoms with van der Waals surface area (Å²) in [6.07, 6.45) is 0. The number of halogens is 1. The summed E-state index contributed by atoms with van der Waals surface area (Å²) in [4.78, 5) is 27.7. The minimum absolute atomic E-state index is 0.00685. The molecule has 1 aliphatic heterocycles. The maximum atomic E-state index is 13.6. The topological polar surface area (TPSA) is 131 Å². The number of nitrogens with one attached hydrogen (secondary N) is 2. The number of ether oxygens (including phenoxy) is 1. The first-order chi connectivity index (χ1) is 18.6. The Morgan fingerprint density at radius 3 is 2.23 bits per heavy atom. The second-order valence-corrected chi connectivity index (χ2v) is 12.5. The molecule has 2 aromatic carbocycles. The van der Waals surface area contributed by atoms with Gasteiger partial charge in [-0.05, 0) is 56.5 Å². The largest absolute Gasteiger partial charge is 0.374 e. The summed E-state index contributed by atoms with van der Waals surface area (Å²) in [5.41, 5.74) is 5.66. The van der Waals surface area contributed by atoms with Crippen molar-refractivity contribution in [3.05, 3.63) is 76.3 Å². The molecule has 0 saturated heterocycles. The Balaban J connectivity index is 0.00000274. The fourth-order valence-electron chi connectivity index (χ4n) is 4.06. The van der Waals surface area contributed by atoms with E-state index in [1.807, 2.05) is 44.2 Å². The van der Waals surface area contributed by atoms with Crippen LogP contribution in [-0.2, 0) is 31.0 Å². The van der Waals surface area contributed by atoms with Crippen LogP contribution in [0.2, 0.25) is 5.02 Å².